The maximum Gasteiger partial charge on any atom is 0.247 e. The molecule has 0 spiro atoms. The third-order valence-electron chi connectivity index (χ3n) is 4.51. The summed E-state index contributed by atoms with van der Waals surface area (Å²) in [4.78, 5) is 27.6. The predicted molar refractivity (Wildman–Crippen MR) is 107 cm³/mol. The molecule has 5 heteroatoms. The summed E-state index contributed by atoms with van der Waals surface area (Å²) >= 11 is 0. The molecule has 0 bridgehead atoms. The number of benzene rings is 2. The highest BCUT2D eigenvalue weighted by atomic mass is 16.3. The van der Waals surface area contributed by atoms with Crippen molar-refractivity contribution in [3.8, 4) is 0 Å². The number of rotatable bonds is 8. The molecule has 1 heterocycles. The highest BCUT2D eigenvalue weighted by Gasteiger charge is 2.30. The average molecular weight is 376 g/mol. The first-order chi connectivity index (χ1) is 13.7. The van der Waals surface area contributed by atoms with E-state index in [0.717, 1.165) is 11.1 Å². The monoisotopic (exact) mass is 376 g/mol. The fourth-order valence-electron chi connectivity index (χ4n) is 3.10. The van der Waals surface area contributed by atoms with E-state index in [-0.39, 0.29) is 18.4 Å². The van der Waals surface area contributed by atoms with Crippen molar-refractivity contribution < 1.29 is 14.0 Å². The average Bonchev–Trinajstić information content (AvgIpc) is 3.26. The molecule has 0 aliphatic heterocycles. The highest BCUT2D eigenvalue weighted by Crippen LogP contribution is 2.24. The molecule has 1 atom stereocenters. The number of carbonyl (C=O) groups excluding carboxylic acids is 2. The van der Waals surface area contributed by atoms with Gasteiger partial charge >= 0.3 is 0 Å². The van der Waals surface area contributed by atoms with Crippen molar-refractivity contribution >= 4 is 11.8 Å². The van der Waals surface area contributed by atoms with Gasteiger partial charge in [-0.25, -0.2) is 0 Å². The number of furan rings is 1. The number of hydrogen-bond acceptors (Lipinski definition) is 3. The van der Waals surface area contributed by atoms with E-state index in [9.17, 15) is 9.59 Å². The van der Waals surface area contributed by atoms with Crippen LogP contribution in [0, 0.1) is 0 Å². The van der Waals surface area contributed by atoms with Crippen molar-refractivity contribution in [3.63, 3.8) is 0 Å². The Bertz CT molecular complexity index is 877. The SMILES string of the molecule is CCC(=O)N(Cc1ccccc1)[C@@H](C(=O)NCc1ccco1)c1ccccc1. The molecule has 28 heavy (non-hydrogen) atoms. The molecule has 2 amide bonds. The molecule has 0 saturated heterocycles. The molecule has 3 rings (SSSR count). The minimum atomic E-state index is -0.719. The maximum atomic E-state index is 13.1. The molecule has 1 aromatic heterocycles. The van der Waals surface area contributed by atoms with Crippen LogP contribution in [0.25, 0.3) is 0 Å². The maximum absolute atomic E-state index is 13.1. The third-order valence-corrected chi connectivity index (χ3v) is 4.51. The smallest absolute Gasteiger partial charge is 0.247 e. The van der Waals surface area contributed by atoms with Crippen LogP contribution in [0.15, 0.2) is 83.5 Å². The Morgan fingerprint density at radius 3 is 2.25 bits per heavy atom. The van der Waals surface area contributed by atoms with Crippen LogP contribution in [-0.2, 0) is 22.7 Å². The number of nitrogens with one attached hydrogen (secondary N) is 1. The van der Waals surface area contributed by atoms with Crippen molar-refractivity contribution in [1.29, 1.82) is 0 Å². The fourth-order valence-corrected chi connectivity index (χ4v) is 3.10. The zero-order chi connectivity index (χ0) is 19.8. The van der Waals surface area contributed by atoms with E-state index in [2.05, 4.69) is 5.32 Å². The fraction of sp³-hybridized carbons (Fsp3) is 0.217. The summed E-state index contributed by atoms with van der Waals surface area (Å²) in [6, 6.07) is 22.0. The Labute approximate surface area is 165 Å². The van der Waals surface area contributed by atoms with Gasteiger partial charge in [-0.05, 0) is 23.3 Å². The Hall–Kier alpha value is -3.34. The lowest BCUT2D eigenvalue weighted by atomic mass is 10.0. The van der Waals surface area contributed by atoms with Gasteiger partial charge < -0.3 is 14.6 Å². The van der Waals surface area contributed by atoms with Crippen LogP contribution in [0.3, 0.4) is 0 Å². The molecule has 0 fully saturated rings. The second-order valence-electron chi connectivity index (χ2n) is 6.47. The largest absolute Gasteiger partial charge is 0.467 e. The minimum Gasteiger partial charge on any atom is -0.467 e. The molecule has 0 unspecified atom stereocenters. The first-order valence-corrected chi connectivity index (χ1v) is 9.37. The summed E-state index contributed by atoms with van der Waals surface area (Å²) < 4.78 is 5.30. The first kappa shape index (κ1) is 19.4. The van der Waals surface area contributed by atoms with Crippen LogP contribution in [0.5, 0.6) is 0 Å². The first-order valence-electron chi connectivity index (χ1n) is 9.37. The molecule has 1 N–H and O–H groups in total. The summed E-state index contributed by atoms with van der Waals surface area (Å²) in [6.45, 7) is 2.44. The van der Waals surface area contributed by atoms with E-state index in [1.54, 1.807) is 23.3 Å². The van der Waals surface area contributed by atoms with Crippen molar-refractivity contribution in [1.82, 2.24) is 10.2 Å². The second-order valence-corrected chi connectivity index (χ2v) is 6.47. The van der Waals surface area contributed by atoms with Crippen LogP contribution in [0.4, 0.5) is 0 Å². The van der Waals surface area contributed by atoms with Gasteiger partial charge in [-0.3, -0.25) is 9.59 Å². The van der Waals surface area contributed by atoms with Gasteiger partial charge in [0.25, 0.3) is 0 Å². The molecule has 0 radical (unpaired) electrons. The number of amides is 2. The zero-order valence-electron chi connectivity index (χ0n) is 15.9. The molecule has 144 valence electrons. The van der Waals surface area contributed by atoms with Gasteiger partial charge in [-0.1, -0.05) is 67.6 Å². The van der Waals surface area contributed by atoms with Gasteiger partial charge in [0.05, 0.1) is 12.8 Å². The zero-order valence-corrected chi connectivity index (χ0v) is 15.9. The summed E-state index contributed by atoms with van der Waals surface area (Å²) in [6.07, 6.45) is 1.89. The van der Waals surface area contributed by atoms with Gasteiger partial charge in [0.2, 0.25) is 11.8 Å². The summed E-state index contributed by atoms with van der Waals surface area (Å²) in [7, 11) is 0. The highest BCUT2D eigenvalue weighted by molar-refractivity contribution is 5.88. The molecule has 2 aromatic carbocycles. The lowest BCUT2D eigenvalue weighted by Gasteiger charge is -2.31. The Kier molecular flexibility index (Phi) is 6.63. The van der Waals surface area contributed by atoms with E-state index in [1.807, 2.05) is 67.6 Å². The van der Waals surface area contributed by atoms with Crippen molar-refractivity contribution in [2.24, 2.45) is 0 Å². The predicted octanol–water partition coefficient (Wildman–Crippen LogP) is 4.08. The Balaban J connectivity index is 1.89. The van der Waals surface area contributed by atoms with Gasteiger partial charge in [0.15, 0.2) is 0 Å². The quantitative estimate of drug-likeness (QED) is 0.644. The Morgan fingerprint density at radius 1 is 0.964 bits per heavy atom. The molecular formula is C23H24N2O3. The lowest BCUT2D eigenvalue weighted by molar-refractivity contribution is -0.141. The Morgan fingerprint density at radius 2 is 1.64 bits per heavy atom. The van der Waals surface area contributed by atoms with Crippen molar-refractivity contribution in [2.45, 2.75) is 32.5 Å². The lowest BCUT2D eigenvalue weighted by Crippen LogP contribution is -2.43. The molecule has 3 aromatic rings. The van der Waals surface area contributed by atoms with Crippen LogP contribution in [0.2, 0.25) is 0 Å². The third kappa shape index (κ3) is 4.88. The molecule has 5 nitrogen and oxygen atoms in total. The van der Waals surface area contributed by atoms with Gasteiger partial charge in [-0.2, -0.15) is 0 Å². The van der Waals surface area contributed by atoms with Crippen molar-refractivity contribution in [3.05, 3.63) is 95.9 Å². The van der Waals surface area contributed by atoms with Crippen LogP contribution in [0.1, 0.15) is 36.3 Å². The van der Waals surface area contributed by atoms with Crippen molar-refractivity contribution in [2.75, 3.05) is 0 Å². The minimum absolute atomic E-state index is 0.0779. The van der Waals surface area contributed by atoms with Gasteiger partial charge in [0, 0.05) is 13.0 Å². The standard InChI is InChI=1S/C23H24N2O3/c1-2-21(26)25(17-18-10-5-3-6-11-18)22(19-12-7-4-8-13-19)23(27)24-16-20-14-9-15-28-20/h3-15,22H,2,16-17H2,1H3,(H,24,27)/t22-/m1/s1. The number of hydrogen-bond donors (Lipinski definition) is 1. The van der Waals surface area contributed by atoms with Gasteiger partial charge in [-0.15, -0.1) is 0 Å². The normalized spacial score (nSPS) is 11.6. The number of carbonyl (C=O) groups is 2. The van der Waals surface area contributed by atoms with Crippen LogP contribution in [-0.4, -0.2) is 16.7 Å². The molecule has 0 aliphatic rings. The molecular weight excluding hydrogens is 352 g/mol. The van der Waals surface area contributed by atoms with E-state index in [4.69, 9.17) is 4.42 Å². The topological polar surface area (TPSA) is 62.6 Å². The van der Waals surface area contributed by atoms with E-state index < -0.39 is 6.04 Å². The molecule has 0 saturated carbocycles. The molecule has 0 aliphatic carbocycles. The summed E-state index contributed by atoms with van der Waals surface area (Å²) in [5.41, 5.74) is 1.75. The van der Waals surface area contributed by atoms with E-state index in [0.29, 0.717) is 18.7 Å². The summed E-state index contributed by atoms with van der Waals surface area (Å²) in [5, 5.41) is 2.90. The van der Waals surface area contributed by atoms with Crippen LogP contribution < -0.4 is 5.32 Å². The van der Waals surface area contributed by atoms with Gasteiger partial charge in [0.1, 0.15) is 11.8 Å². The summed E-state index contributed by atoms with van der Waals surface area (Å²) in [5.74, 6) is 0.350. The van der Waals surface area contributed by atoms with E-state index in [1.165, 1.54) is 0 Å². The van der Waals surface area contributed by atoms with Crippen LogP contribution >= 0.6 is 0 Å². The number of nitrogens with zero attached hydrogens (tertiary/aromatic N) is 1. The van der Waals surface area contributed by atoms with E-state index >= 15 is 0 Å². The second kappa shape index (κ2) is 9.55.